The Kier molecular flexibility index (Phi) is 5.80. The molecule has 2 heteroatoms. The Labute approximate surface area is 111 Å². The average Bonchev–Trinajstić information content (AvgIpc) is 2.28. The third-order valence-electron chi connectivity index (χ3n) is 3.58. The summed E-state index contributed by atoms with van der Waals surface area (Å²) in [5.41, 5.74) is 0.838. The van der Waals surface area contributed by atoms with E-state index in [2.05, 4.69) is 39.5 Å². The smallest absolute Gasteiger partial charge is 0.126 e. The lowest BCUT2D eigenvalue weighted by Crippen LogP contribution is -2.38. The monoisotopic (exact) mass is 251 g/mol. The number of hydrogen-bond acceptors (Lipinski definition) is 1. The van der Waals surface area contributed by atoms with E-state index in [0.29, 0.717) is 12.1 Å². The number of rotatable bonds is 6. The van der Waals surface area contributed by atoms with Gasteiger partial charge in [0, 0.05) is 12.1 Å². The Balaban J connectivity index is 2.60. The fraction of sp³-hybridized carbons (Fsp3) is 0.625. The van der Waals surface area contributed by atoms with Crippen molar-refractivity contribution in [2.24, 2.45) is 0 Å². The SMILES string of the molecule is CC(C)N(CC[C@H](C)c1ccccc1F)C(C)C. The van der Waals surface area contributed by atoms with Gasteiger partial charge in [-0.2, -0.15) is 0 Å². The largest absolute Gasteiger partial charge is 0.299 e. The summed E-state index contributed by atoms with van der Waals surface area (Å²) >= 11 is 0. The predicted molar refractivity (Wildman–Crippen MR) is 76.4 cm³/mol. The van der Waals surface area contributed by atoms with Crippen molar-refractivity contribution in [1.82, 2.24) is 4.90 Å². The van der Waals surface area contributed by atoms with Crippen LogP contribution in [0.25, 0.3) is 0 Å². The van der Waals surface area contributed by atoms with Gasteiger partial charge in [0.05, 0.1) is 0 Å². The summed E-state index contributed by atoms with van der Waals surface area (Å²) in [5, 5.41) is 0. The van der Waals surface area contributed by atoms with Gasteiger partial charge >= 0.3 is 0 Å². The first-order valence-electron chi connectivity index (χ1n) is 6.93. The topological polar surface area (TPSA) is 3.24 Å². The third-order valence-corrected chi connectivity index (χ3v) is 3.58. The third kappa shape index (κ3) is 4.09. The van der Waals surface area contributed by atoms with Crippen LogP contribution in [0.4, 0.5) is 4.39 Å². The van der Waals surface area contributed by atoms with E-state index < -0.39 is 0 Å². The highest BCUT2D eigenvalue weighted by atomic mass is 19.1. The van der Waals surface area contributed by atoms with Gasteiger partial charge in [0.1, 0.15) is 5.82 Å². The van der Waals surface area contributed by atoms with Crippen LogP contribution in [0.1, 0.15) is 52.5 Å². The maximum absolute atomic E-state index is 13.7. The molecular weight excluding hydrogens is 225 g/mol. The van der Waals surface area contributed by atoms with Crippen LogP contribution in [0.2, 0.25) is 0 Å². The summed E-state index contributed by atoms with van der Waals surface area (Å²) < 4.78 is 13.7. The molecule has 0 heterocycles. The second kappa shape index (κ2) is 6.89. The van der Waals surface area contributed by atoms with Crippen LogP contribution in [0.3, 0.4) is 0 Å². The van der Waals surface area contributed by atoms with Gasteiger partial charge in [0.25, 0.3) is 0 Å². The molecule has 1 aromatic carbocycles. The molecule has 1 aromatic rings. The quantitative estimate of drug-likeness (QED) is 0.722. The molecule has 0 fully saturated rings. The van der Waals surface area contributed by atoms with Crippen LogP contribution in [0, 0.1) is 5.82 Å². The summed E-state index contributed by atoms with van der Waals surface area (Å²) in [5.74, 6) is 0.192. The predicted octanol–water partition coefficient (Wildman–Crippen LogP) is 4.44. The Hall–Kier alpha value is -0.890. The Morgan fingerprint density at radius 1 is 1.00 bits per heavy atom. The highest BCUT2D eigenvalue weighted by molar-refractivity contribution is 5.21. The van der Waals surface area contributed by atoms with E-state index >= 15 is 0 Å². The maximum atomic E-state index is 13.7. The van der Waals surface area contributed by atoms with Crippen molar-refractivity contribution in [2.75, 3.05) is 6.54 Å². The summed E-state index contributed by atoms with van der Waals surface area (Å²) in [4.78, 5) is 2.46. The fourth-order valence-electron chi connectivity index (χ4n) is 2.49. The van der Waals surface area contributed by atoms with Crippen molar-refractivity contribution < 1.29 is 4.39 Å². The molecule has 0 unspecified atom stereocenters. The summed E-state index contributed by atoms with van der Waals surface area (Å²) in [6, 6.07) is 8.19. The Morgan fingerprint density at radius 2 is 1.56 bits per heavy atom. The van der Waals surface area contributed by atoms with E-state index in [1.54, 1.807) is 12.1 Å². The lowest BCUT2D eigenvalue weighted by atomic mass is 9.96. The molecule has 0 saturated heterocycles. The molecule has 0 aromatic heterocycles. The zero-order chi connectivity index (χ0) is 13.7. The molecule has 18 heavy (non-hydrogen) atoms. The van der Waals surface area contributed by atoms with Crippen molar-refractivity contribution in [1.29, 1.82) is 0 Å². The van der Waals surface area contributed by atoms with E-state index in [1.807, 2.05) is 12.1 Å². The minimum absolute atomic E-state index is 0.0781. The molecule has 102 valence electrons. The lowest BCUT2D eigenvalue weighted by Gasteiger charge is -2.31. The molecule has 0 aliphatic rings. The molecule has 0 N–H and O–H groups in total. The zero-order valence-corrected chi connectivity index (χ0v) is 12.3. The van der Waals surface area contributed by atoms with Gasteiger partial charge in [-0.15, -0.1) is 0 Å². The minimum atomic E-state index is -0.0781. The molecule has 0 spiro atoms. The first-order chi connectivity index (χ1) is 8.43. The van der Waals surface area contributed by atoms with E-state index in [-0.39, 0.29) is 11.7 Å². The number of nitrogens with zero attached hydrogens (tertiary/aromatic N) is 1. The van der Waals surface area contributed by atoms with E-state index in [4.69, 9.17) is 0 Å². The standard InChI is InChI=1S/C16H26FN/c1-12(2)18(13(3)4)11-10-14(5)15-8-6-7-9-16(15)17/h6-9,12-14H,10-11H2,1-5H3/t14-/m0/s1. The van der Waals surface area contributed by atoms with Gasteiger partial charge in [-0.05, 0) is 58.2 Å². The number of benzene rings is 1. The van der Waals surface area contributed by atoms with Crippen LogP contribution in [0.15, 0.2) is 24.3 Å². The first-order valence-corrected chi connectivity index (χ1v) is 6.93. The molecule has 1 nitrogen and oxygen atoms in total. The molecule has 1 atom stereocenters. The van der Waals surface area contributed by atoms with Crippen LogP contribution in [-0.4, -0.2) is 23.5 Å². The van der Waals surface area contributed by atoms with Gasteiger partial charge in [0.15, 0.2) is 0 Å². The second-order valence-electron chi connectivity index (χ2n) is 5.64. The normalized spacial score (nSPS) is 13.6. The summed E-state index contributed by atoms with van der Waals surface area (Å²) in [6.45, 7) is 12.0. The Morgan fingerprint density at radius 3 is 2.06 bits per heavy atom. The number of hydrogen-bond donors (Lipinski definition) is 0. The van der Waals surface area contributed by atoms with Gasteiger partial charge in [-0.25, -0.2) is 4.39 Å². The summed E-state index contributed by atoms with van der Waals surface area (Å²) in [6.07, 6.45) is 0.997. The van der Waals surface area contributed by atoms with E-state index in [1.165, 1.54) is 0 Å². The summed E-state index contributed by atoms with van der Waals surface area (Å²) in [7, 11) is 0. The highest BCUT2D eigenvalue weighted by Crippen LogP contribution is 2.22. The van der Waals surface area contributed by atoms with Gasteiger partial charge in [-0.1, -0.05) is 25.1 Å². The van der Waals surface area contributed by atoms with Gasteiger partial charge in [0.2, 0.25) is 0 Å². The van der Waals surface area contributed by atoms with Crippen LogP contribution in [0.5, 0.6) is 0 Å². The second-order valence-corrected chi connectivity index (χ2v) is 5.64. The van der Waals surface area contributed by atoms with Crippen molar-refractivity contribution in [2.45, 2.75) is 59.0 Å². The van der Waals surface area contributed by atoms with Gasteiger partial charge < -0.3 is 0 Å². The van der Waals surface area contributed by atoms with Crippen LogP contribution in [-0.2, 0) is 0 Å². The van der Waals surface area contributed by atoms with Crippen molar-refractivity contribution in [3.63, 3.8) is 0 Å². The lowest BCUT2D eigenvalue weighted by molar-refractivity contribution is 0.169. The van der Waals surface area contributed by atoms with Crippen molar-refractivity contribution >= 4 is 0 Å². The average molecular weight is 251 g/mol. The van der Waals surface area contributed by atoms with Gasteiger partial charge in [-0.3, -0.25) is 4.90 Å². The van der Waals surface area contributed by atoms with E-state index in [0.717, 1.165) is 18.5 Å². The van der Waals surface area contributed by atoms with Crippen molar-refractivity contribution in [3.05, 3.63) is 35.6 Å². The first kappa shape index (κ1) is 15.2. The van der Waals surface area contributed by atoms with Crippen LogP contribution < -0.4 is 0 Å². The minimum Gasteiger partial charge on any atom is -0.299 e. The molecule has 1 rings (SSSR count). The molecule has 0 aliphatic carbocycles. The molecule has 0 amide bonds. The highest BCUT2D eigenvalue weighted by Gasteiger charge is 2.16. The number of halogens is 1. The fourth-order valence-corrected chi connectivity index (χ4v) is 2.49. The molecule has 0 saturated carbocycles. The Bertz CT molecular complexity index is 352. The molecule has 0 radical (unpaired) electrons. The maximum Gasteiger partial charge on any atom is 0.126 e. The molecule has 0 aliphatic heterocycles. The van der Waals surface area contributed by atoms with Crippen molar-refractivity contribution in [3.8, 4) is 0 Å². The van der Waals surface area contributed by atoms with Crippen LogP contribution >= 0.6 is 0 Å². The van der Waals surface area contributed by atoms with E-state index in [9.17, 15) is 4.39 Å². The molecule has 0 bridgehead atoms. The molecular formula is C16H26FN. The zero-order valence-electron chi connectivity index (χ0n) is 12.3.